The summed E-state index contributed by atoms with van der Waals surface area (Å²) in [5, 5.41) is 0. The highest BCUT2D eigenvalue weighted by molar-refractivity contribution is 5.84. The fraction of sp³-hybridized carbons (Fsp3) is 0.526. The maximum atomic E-state index is 12.8. The molecule has 1 aromatic heterocycles. The summed E-state index contributed by atoms with van der Waals surface area (Å²) in [4.78, 5) is 26.1. The number of hydrogen-bond donors (Lipinski definition) is 0. The van der Waals surface area contributed by atoms with Crippen molar-refractivity contribution in [1.29, 1.82) is 0 Å². The van der Waals surface area contributed by atoms with Gasteiger partial charge in [-0.25, -0.2) is 4.98 Å². The standard InChI is InChI=1S/C19H24N4O2/c1-22-13-14(25-2)11-19(18(22)24)7-9-23(10-8-19)17-12-20-15-5-3-4-6-16(15)21-17/h3-6,12,14H,7-11,13H2,1-2H3. The van der Waals surface area contributed by atoms with Gasteiger partial charge in [0.1, 0.15) is 5.82 Å². The molecule has 1 aromatic carbocycles. The molecule has 1 amide bonds. The molecule has 2 aliphatic rings. The number of likely N-dealkylation sites (tertiary alicyclic amines) is 1. The van der Waals surface area contributed by atoms with E-state index in [1.807, 2.05) is 42.4 Å². The van der Waals surface area contributed by atoms with Gasteiger partial charge in [0.25, 0.3) is 0 Å². The normalized spacial score (nSPS) is 23.4. The number of amides is 1. The zero-order valence-electron chi connectivity index (χ0n) is 14.8. The van der Waals surface area contributed by atoms with Crippen LogP contribution in [0, 0.1) is 5.41 Å². The summed E-state index contributed by atoms with van der Waals surface area (Å²) < 4.78 is 5.57. The Hall–Kier alpha value is -2.21. The maximum Gasteiger partial charge on any atom is 0.228 e. The lowest BCUT2D eigenvalue weighted by Gasteiger charge is -2.47. The molecule has 2 aliphatic heterocycles. The van der Waals surface area contributed by atoms with Crippen LogP contribution in [0.5, 0.6) is 0 Å². The molecule has 0 radical (unpaired) electrons. The highest BCUT2D eigenvalue weighted by Crippen LogP contribution is 2.42. The van der Waals surface area contributed by atoms with Crippen molar-refractivity contribution in [2.75, 3.05) is 38.7 Å². The number of benzene rings is 1. The molecule has 6 heteroatoms. The number of aromatic nitrogens is 2. The third-order valence-corrected chi connectivity index (χ3v) is 5.71. The van der Waals surface area contributed by atoms with Gasteiger partial charge in [-0.1, -0.05) is 12.1 Å². The van der Waals surface area contributed by atoms with Crippen LogP contribution in [0.3, 0.4) is 0 Å². The number of likely N-dealkylation sites (N-methyl/N-ethyl adjacent to an activating group) is 1. The molecule has 2 saturated heterocycles. The predicted molar refractivity (Wildman–Crippen MR) is 96.5 cm³/mol. The number of fused-ring (bicyclic) bond motifs is 1. The summed E-state index contributed by atoms with van der Waals surface area (Å²) in [6.07, 6.45) is 4.47. The highest BCUT2D eigenvalue weighted by Gasteiger charge is 2.48. The number of para-hydroxylation sites is 2. The van der Waals surface area contributed by atoms with Crippen molar-refractivity contribution in [3.8, 4) is 0 Å². The Balaban J connectivity index is 1.52. The van der Waals surface area contributed by atoms with Crippen LogP contribution in [0.15, 0.2) is 30.5 Å². The monoisotopic (exact) mass is 340 g/mol. The van der Waals surface area contributed by atoms with Crippen molar-refractivity contribution in [3.05, 3.63) is 30.5 Å². The van der Waals surface area contributed by atoms with Crippen LogP contribution < -0.4 is 4.90 Å². The number of anilines is 1. The molecular formula is C19H24N4O2. The molecular weight excluding hydrogens is 316 g/mol. The number of piperidine rings is 2. The van der Waals surface area contributed by atoms with E-state index in [1.165, 1.54) is 0 Å². The fourth-order valence-electron chi connectivity index (χ4n) is 4.22. The Morgan fingerprint density at radius 3 is 2.64 bits per heavy atom. The van der Waals surface area contributed by atoms with Gasteiger partial charge in [-0.15, -0.1) is 0 Å². The van der Waals surface area contributed by atoms with Crippen LogP contribution in [-0.4, -0.2) is 60.7 Å². The quantitative estimate of drug-likeness (QED) is 0.838. The molecule has 3 heterocycles. The molecule has 4 rings (SSSR count). The smallest absolute Gasteiger partial charge is 0.228 e. The van der Waals surface area contributed by atoms with E-state index >= 15 is 0 Å². The molecule has 0 N–H and O–H groups in total. The number of carbonyl (C=O) groups excluding carboxylic acids is 1. The van der Waals surface area contributed by atoms with Gasteiger partial charge in [-0.05, 0) is 31.4 Å². The molecule has 2 fully saturated rings. The summed E-state index contributed by atoms with van der Waals surface area (Å²) in [7, 11) is 3.62. The fourth-order valence-corrected chi connectivity index (χ4v) is 4.22. The van der Waals surface area contributed by atoms with Crippen LogP contribution in [0.2, 0.25) is 0 Å². The number of rotatable bonds is 2. The van der Waals surface area contributed by atoms with Crippen LogP contribution in [0.25, 0.3) is 11.0 Å². The Bertz CT molecular complexity index is 786. The van der Waals surface area contributed by atoms with Gasteiger partial charge in [0.05, 0.1) is 28.7 Å². The van der Waals surface area contributed by atoms with E-state index in [0.29, 0.717) is 6.54 Å². The largest absolute Gasteiger partial charge is 0.380 e. The topological polar surface area (TPSA) is 58.6 Å². The zero-order valence-corrected chi connectivity index (χ0v) is 14.8. The van der Waals surface area contributed by atoms with Gasteiger partial charge in [0.15, 0.2) is 0 Å². The van der Waals surface area contributed by atoms with Crippen molar-refractivity contribution >= 4 is 22.8 Å². The number of nitrogens with zero attached hydrogens (tertiary/aromatic N) is 4. The molecule has 2 aromatic rings. The molecule has 25 heavy (non-hydrogen) atoms. The third kappa shape index (κ3) is 2.84. The lowest BCUT2D eigenvalue weighted by Crippen LogP contribution is -2.56. The Morgan fingerprint density at radius 1 is 1.20 bits per heavy atom. The Morgan fingerprint density at radius 2 is 1.92 bits per heavy atom. The van der Waals surface area contributed by atoms with Gasteiger partial charge >= 0.3 is 0 Å². The van der Waals surface area contributed by atoms with E-state index in [1.54, 1.807) is 7.11 Å². The van der Waals surface area contributed by atoms with E-state index in [4.69, 9.17) is 9.72 Å². The Kier molecular flexibility index (Phi) is 4.07. The first-order valence-corrected chi connectivity index (χ1v) is 8.86. The lowest BCUT2D eigenvalue weighted by molar-refractivity contribution is -0.153. The third-order valence-electron chi connectivity index (χ3n) is 5.71. The number of ether oxygens (including phenoxy) is 1. The molecule has 0 aliphatic carbocycles. The van der Waals surface area contributed by atoms with Gasteiger partial charge in [0, 0.05) is 33.8 Å². The highest BCUT2D eigenvalue weighted by atomic mass is 16.5. The molecule has 0 saturated carbocycles. The van der Waals surface area contributed by atoms with Crippen LogP contribution >= 0.6 is 0 Å². The van der Waals surface area contributed by atoms with Crippen molar-refractivity contribution in [2.45, 2.75) is 25.4 Å². The molecule has 1 unspecified atom stereocenters. The summed E-state index contributed by atoms with van der Waals surface area (Å²) in [5.74, 6) is 1.17. The summed E-state index contributed by atoms with van der Waals surface area (Å²) >= 11 is 0. The van der Waals surface area contributed by atoms with Crippen molar-refractivity contribution in [1.82, 2.24) is 14.9 Å². The molecule has 1 atom stereocenters. The SMILES string of the molecule is COC1CN(C)C(=O)C2(CCN(c3cnc4ccccc4n3)CC2)C1. The second-order valence-corrected chi connectivity index (χ2v) is 7.23. The minimum atomic E-state index is -0.283. The summed E-state index contributed by atoms with van der Waals surface area (Å²) in [6, 6.07) is 7.91. The zero-order chi connectivity index (χ0) is 17.4. The minimum absolute atomic E-state index is 0.134. The number of methoxy groups -OCH3 is 1. The average molecular weight is 340 g/mol. The second kappa shape index (κ2) is 6.26. The number of carbonyl (C=O) groups is 1. The first kappa shape index (κ1) is 16.3. The molecule has 6 nitrogen and oxygen atoms in total. The maximum absolute atomic E-state index is 12.8. The van der Waals surface area contributed by atoms with Crippen molar-refractivity contribution in [2.24, 2.45) is 5.41 Å². The van der Waals surface area contributed by atoms with E-state index in [0.717, 1.165) is 49.2 Å². The summed E-state index contributed by atoms with van der Waals surface area (Å²) in [5.41, 5.74) is 1.54. The van der Waals surface area contributed by atoms with Crippen molar-refractivity contribution < 1.29 is 9.53 Å². The summed E-state index contributed by atoms with van der Waals surface area (Å²) in [6.45, 7) is 2.34. The molecule has 0 bridgehead atoms. The van der Waals surface area contributed by atoms with E-state index in [9.17, 15) is 4.79 Å². The van der Waals surface area contributed by atoms with Crippen LogP contribution in [0.4, 0.5) is 5.82 Å². The minimum Gasteiger partial charge on any atom is -0.380 e. The van der Waals surface area contributed by atoms with E-state index in [2.05, 4.69) is 9.88 Å². The second-order valence-electron chi connectivity index (χ2n) is 7.23. The first-order valence-electron chi connectivity index (χ1n) is 8.86. The Labute approximate surface area is 147 Å². The van der Waals surface area contributed by atoms with Gasteiger partial charge in [-0.2, -0.15) is 0 Å². The lowest BCUT2D eigenvalue weighted by atomic mass is 9.71. The molecule has 1 spiro atoms. The van der Waals surface area contributed by atoms with Gasteiger partial charge < -0.3 is 14.5 Å². The van der Waals surface area contributed by atoms with Crippen LogP contribution in [0.1, 0.15) is 19.3 Å². The van der Waals surface area contributed by atoms with Gasteiger partial charge in [-0.3, -0.25) is 9.78 Å². The van der Waals surface area contributed by atoms with E-state index in [-0.39, 0.29) is 17.4 Å². The van der Waals surface area contributed by atoms with Crippen molar-refractivity contribution in [3.63, 3.8) is 0 Å². The van der Waals surface area contributed by atoms with Gasteiger partial charge in [0.2, 0.25) is 5.91 Å². The van der Waals surface area contributed by atoms with E-state index < -0.39 is 0 Å². The average Bonchev–Trinajstić information content (AvgIpc) is 2.66. The number of hydrogen-bond acceptors (Lipinski definition) is 5. The molecule has 132 valence electrons. The predicted octanol–water partition coefficient (Wildman–Crippen LogP) is 2.09. The van der Waals surface area contributed by atoms with Crippen LogP contribution in [-0.2, 0) is 9.53 Å². The first-order chi connectivity index (χ1) is 12.1.